The molecule has 1 aliphatic carbocycles. The van der Waals surface area contributed by atoms with Crippen molar-refractivity contribution in [3.05, 3.63) is 83.4 Å². The fourth-order valence-electron chi connectivity index (χ4n) is 4.15. The van der Waals surface area contributed by atoms with E-state index < -0.39 is 11.8 Å². The first-order valence-corrected chi connectivity index (χ1v) is 14.9. The van der Waals surface area contributed by atoms with E-state index in [1.165, 1.54) is 67.9 Å². The van der Waals surface area contributed by atoms with Gasteiger partial charge in [-0.05, 0) is 50.1 Å². The first kappa shape index (κ1) is 36.3. The molecule has 1 aliphatic rings. The number of carbonyl (C=O) groups is 2. The molecular weight excluding hydrogens is 519 g/mol. The van der Waals surface area contributed by atoms with Crippen molar-refractivity contribution >= 4 is 36.0 Å². The molecule has 1 saturated carbocycles. The number of hydrogen-bond acceptors (Lipinski definition) is 4. The van der Waals surface area contributed by atoms with Gasteiger partial charge in [0.05, 0.1) is 6.07 Å². The van der Waals surface area contributed by atoms with Gasteiger partial charge in [0.2, 0.25) is 0 Å². The Morgan fingerprint density at radius 3 is 2.02 bits per heavy atom. The monoisotopic (exact) mass is 567 g/mol. The summed E-state index contributed by atoms with van der Waals surface area (Å²) in [5.74, 6) is 0.333. The van der Waals surface area contributed by atoms with Crippen molar-refractivity contribution < 1.29 is 9.59 Å². The molecule has 223 valence electrons. The number of benzene rings is 3. The molecule has 0 spiro atoms. The maximum atomic E-state index is 11.2. The quantitative estimate of drug-likeness (QED) is 0.172. The molecular formula is C35H48BN4O2. The maximum absolute atomic E-state index is 11.2. The third-order valence-corrected chi connectivity index (χ3v) is 6.86. The second-order valence-electron chi connectivity index (χ2n) is 10.5. The molecule has 3 aromatic carbocycles. The van der Waals surface area contributed by atoms with Gasteiger partial charge in [0.25, 0.3) is 0 Å². The molecule has 7 heteroatoms. The Hall–Kier alpha value is -3.76. The Labute approximate surface area is 254 Å². The van der Waals surface area contributed by atoms with Gasteiger partial charge in [0.15, 0.2) is 0 Å². The van der Waals surface area contributed by atoms with Crippen molar-refractivity contribution in [2.45, 2.75) is 78.3 Å². The average Bonchev–Trinajstić information content (AvgIpc) is 3.84. The molecule has 42 heavy (non-hydrogen) atoms. The molecule has 0 bridgehead atoms. The van der Waals surface area contributed by atoms with Gasteiger partial charge >= 0.3 is 94.5 Å². The van der Waals surface area contributed by atoms with Gasteiger partial charge in [-0.1, -0.05) is 82.0 Å². The molecule has 1 fully saturated rings. The van der Waals surface area contributed by atoms with Crippen molar-refractivity contribution in [2.24, 2.45) is 5.92 Å². The number of carbonyl (C=O) groups excluding carboxylic acids is 2. The summed E-state index contributed by atoms with van der Waals surface area (Å²) in [6, 6.07) is 24.6. The summed E-state index contributed by atoms with van der Waals surface area (Å²) >= 11 is 0. The van der Waals surface area contributed by atoms with E-state index in [1.54, 1.807) is 0 Å². The normalized spacial score (nSPS) is 12.1. The summed E-state index contributed by atoms with van der Waals surface area (Å²) in [5, 5.41) is 18.8. The van der Waals surface area contributed by atoms with Crippen LogP contribution < -0.4 is 16.0 Å². The number of hydrogen-bond donors (Lipinski definition) is 3. The predicted octanol–water partition coefficient (Wildman–Crippen LogP) is 6.17. The van der Waals surface area contributed by atoms with Crippen LogP contribution in [0.1, 0.15) is 82.9 Å². The van der Waals surface area contributed by atoms with Crippen molar-refractivity contribution in [3.8, 4) is 6.07 Å². The zero-order chi connectivity index (χ0) is 31.4. The van der Waals surface area contributed by atoms with Gasteiger partial charge in [0.1, 0.15) is 0 Å². The van der Waals surface area contributed by atoms with E-state index in [2.05, 4.69) is 79.3 Å². The first-order chi connectivity index (χ1) is 20.2. The van der Waals surface area contributed by atoms with Gasteiger partial charge in [0, 0.05) is 11.5 Å². The molecule has 3 N–H and O–H groups in total. The molecule has 0 atom stereocenters. The molecule has 3 aromatic rings. The molecule has 0 heterocycles. The molecule has 0 aliphatic heterocycles. The number of nitriles is 1. The second-order valence-corrected chi connectivity index (χ2v) is 10.5. The first-order valence-electron chi connectivity index (χ1n) is 14.9. The number of unbranched alkanes of at least 4 members (excludes halogenated alkanes) is 3. The summed E-state index contributed by atoms with van der Waals surface area (Å²) in [6.07, 6.45) is 8.06. The van der Waals surface area contributed by atoms with Gasteiger partial charge in [-0.3, -0.25) is 0 Å². The van der Waals surface area contributed by atoms with Crippen molar-refractivity contribution in [2.75, 3.05) is 14.1 Å². The summed E-state index contributed by atoms with van der Waals surface area (Å²) in [7, 11) is 8.90. The number of rotatable bonds is 8. The Morgan fingerprint density at radius 2 is 1.50 bits per heavy atom. The van der Waals surface area contributed by atoms with Crippen LogP contribution in [0.25, 0.3) is 10.8 Å². The fraction of sp³-hybridized carbons (Fsp3) is 0.429. The van der Waals surface area contributed by atoms with Crippen LogP contribution >= 0.6 is 0 Å². The van der Waals surface area contributed by atoms with Crippen molar-refractivity contribution in [1.82, 2.24) is 16.0 Å². The Kier molecular flexibility index (Phi) is 17.4. The molecule has 0 aromatic heterocycles. The van der Waals surface area contributed by atoms with E-state index in [9.17, 15) is 9.59 Å². The van der Waals surface area contributed by atoms with Crippen LogP contribution in [0.3, 0.4) is 0 Å². The second kappa shape index (κ2) is 20.2. The topological polar surface area (TPSA) is 94.0 Å². The summed E-state index contributed by atoms with van der Waals surface area (Å²) in [6.45, 7) is 8.46. The Balaban J connectivity index is 0.000000313. The van der Waals surface area contributed by atoms with Crippen molar-refractivity contribution in [3.63, 3.8) is 0 Å². The molecule has 6 nitrogen and oxygen atoms in total. The Bertz CT molecular complexity index is 1290. The van der Waals surface area contributed by atoms with Crippen LogP contribution in [-0.4, -0.2) is 39.4 Å². The molecule has 0 saturated heterocycles. The minimum absolute atomic E-state index is 0.190. The number of amides is 2. The van der Waals surface area contributed by atoms with E-state index in [0.29, 0.717) is 0 Å². The summed E-state index contributed by atoms with van der Waals surface area (Å²) in [5.41, 5.74) is 3.42. The minimum atomic E-state index is -0.658. The zero-order valence-electron chi connectivity index (χ0n) is 26.3. The van der Waals surface area contributed by atoms with Crippen LogP contribution in [0.5, 0.6) is 0 Å². The van der Waals surface area contributed by atoms with Crippen LogP contribution in [0.4, 0.5) is 0 Å². The van der Waals surface area contributed by atoms with Crippen LogP contribution in [0, 0.1) is 17.2 Å². The SMILES string of the molecule is CC(C)C#N.CCCCCC.CNC1(c2cccc3ccccc23)CC1.[B]=Cc1ccccc1CNC(=O)C(=O)NC. The third kappa shape index (κ3) is 12.4. The molecule has 4 rings (SSSR count). The van der Waals surface area contributed by atoms with E-state index in [-0.39, 0.29) is 18.0 Å². The summed E-state index contributed by atoms with van der Waals surface area (Å²) < 4.78 is 0. The van der Waals surface area contributed by atoms with Gasteiger partial charge in [-0.15, -0.1) is 0 Å². The third-order valence-electron chi connectivity index (χ3n) is 6.86. The van der Waals surface area contributed by atoms with Crippen LogP contribution in [-0.2, 0) is 21.7 Å². The zero-order valence-corrected chi connectivity index (χ0v) is 26.3. The predicted molar refractivity (Wildman–Crippen MR) is 177 cm³/mol. The van der Waals surface area contributed by atoms with E-state index in [1.807, 2.05) is 44.2 Å². The van der Waals surface area contributed by atoms with Crippen LogP contribution in [0.15, 0.2) is 66.7 Å². The van der Waals surface area contributed by atoms with Gasteiger partial charge < -0.3 is 5.32 Å². The molecule has 0 unspecified atom stereocenters. The average molecular weight is 568 g/mol. The Morgan fingerprint density at radius 1 is 0.929 bits per heavy atom. The summed E-state index contributed by atoms with van der Waals surface area (Å²) in [4.78, 5) is 22.1. The number of nitrogens with zero attached hydrogens (tertiary/aromatic N) is 1. The molecule has 2 amide bonds. The fourth-order valence-corrected chi connectivity index (χ4v) is 4.15. The van der Waals surface area contributed by atoms with Crippen LogP contribution in [0.2, 0.25) is 0 Å². The van der Waals surface area contributed by atoms with Gasteiger partial charge in [-0.25, -0.2) is 0 Å². The van der Waals surface area contributed by atoms with Gasteiger partial charge in [-0.2, -0.15) is 5.26 Å². The standard InChI is InChI=1S/C14H15N.C11H12BN2O2.C6H14.C4H7N/c1-15-14(9-10-14)13-8-4-6-11-5-2-3-7-12(11)13;1-13-10(15)11(16)14-7-9-5-3-2-4-8(9)6-12;1-3-5-6-4-2;1-4(2)3-5/h2-8,15H,9-10H2,1H3;2-6H,7H2,1H3,(H,13,15)(H,14,16);3-6H2,1-2H3;4H,1-2H3. The number of fused-ring (bicyclic) bond motifs is 1. The van der Waals surface area contributed by atoms with Crippen molar-refractivity contribution in [1.29, 1.82) is 5.26 Å². The molecule has 1 radical (unpaired) electrons. The number of likely N-dealkylation sites (N-methyl/N-ethyl adjacent to an activating group) is 1. The van der Waals surface area contributed by atoms with E-state index in [4.69, 9.17) is 12.7 Å². The van der Waals surface area contributed by atoms with E-state index >= 15 is 0 Å². The van der Waals surface area contributed by atoms with E-state index in [0.717, 1.165) is 11.1 Å². The number of nitrogens with one attached hydrogen (secondary N) is 3.